The second-order valence-corrected chi connectivity index (χ2v) is 4.35. The highest BCUT2D eigenvalue weighted by atomic mass is 32.1. The third-order valence-corrected chi connectivity index (χ3v) is 3.48. The maximum Gasteiger partial charge on any atom is 0.217 e. The molecule has 2 aromatic carbocycles. The van der Waals surface area contributed by atoms with Crippen molar-refractivity contribution in [3.63, 3.8) is 0 Å². The molecule has 0 aliphatic heterocycles. The molecule has 74 valence electrons. The zero-order valence-corrected chi connectivity index (χ0v) is 8.58. The molecule has 0 fully saturated rings. The molecule has 0 radical (unpaired) electrons. The molecular formula is C11H8N2OS. The smallest absolute Gasteiger partial charge is 0.217 e. The summed E-state index contributed by atoms with van der Waals surface area (Å²) in [6, 6.07) is 11.8. The molecule has 4 heteroatoms. The molecule has 0 aliphatic carbocycles. The molecule has 0 saturated carbocycles. The predicted molar refractivity (Wildman–Crippen MR) is 60.4 cm³/mol. The van der Waals surface area contributed by atoms with Crippen LogP contribution in [0.3, 0.4) is 0 Å². The summed E-state index contributed by atoms with van der Waals surface area (Å²) in [6.07, 6.45) is 0. The lowest BCUT2D eigenvalue weighted by Crippen LogP contribution is -2.07. The number of hydrogen-bond donors (Lipinski definition) is 2. The van der Waals surface area contributed by atoms with Gasteiger partial charge in [-0.3, -0.25) is 5.41 Å². The number of benzene rings is 2. The van der Waals surface area contributed by atoms with Crippen molar-refractivity contribution >= 4 is 32.3 Å². The molecule has 3 aromatic rings. The second-order valence-electron chi connectivity index (χ2n) is 3.35. The molecule has 3 nitrogen and oxygen atoms in total. The van der Waals surface area contributed by atoms with Crippen LogP contribution in [0.25, 0.3) is 21.0 Å². The molecule has 1 aromatic heterocycles. The molecule has 3 rings (SSSR count). The first kappa shape index (κ1) is 8.49. The molecule has 0 atom stereocenters. The number of fused-ring (bicyclic) bond motifs is 3. The first-order chi connectivity index (χ1) is 7.27. The lowest BCUT2D eigenvalue weighted by atomic mass is 10.1. The first-order valence-corrected chi connectivity index (χ1v) is 5.36. The van der Waals surface area contributed by atoms with Gasteiger partial charge in [0.2, 0.25) is 4.80 Å². The number of nitrogens with zero attached hydrogens (tertiary/aromatic N) is 1. The Morgan fingerprint density at radius 1 is 1.13 bits per heavy atom. The van der Waals surface area contributed by atoms with Crippen LogP contribution in [0.4, 0.5) is 0 Å². The minimum atomic E-state index is 0.154. The van der Waals surface area contributed by atoms with E-state index in [1.165, 1.54) is 11.3 Å². The molecule has 0 spiro atoms. The van der Waals surface area contributed by atoms with Crippen molar-refractivity contribution in [1.29, 1.82) is 5.41 Å². The summed E-state index contributed by atoms with van der Waals surface area (Å²) in [7, 11) is 0. The van der Waals surface area contributed by atoms with Crippen LogP contribution in [0.2, 0.25) is 0 Å². The zero-order valence-electron chi connectivity index (χ0n) is 7.77. The average molecular weight is 216 g/mol. The van der Waals surface area contributed by atoms with Crippen molar-refractivity contribution in [3.05, 3.63) is 41.2 Å². The fourth-order valence-corrected chi connectivity index (χ4v) is 2.69. The minimum Gasteiger partial charge on any atom is -0.426 e. The van der Waals surface area contributed by atoms with Crippen LogP contribution in [0.1, 0.15) is 0 Å². The van der Waals surface area contributed by atoms with Crippen molar-refractivity contribution in [2.45, 2.75) is 0 Å². The number of rotatable bonds is 0. The molecular weight excluding hydrogens is 208 g/mol. The van der Waals surface area contributed by atoms with Gasteiger partial charge in [-0.05, 0) is 11.5 Å². The van der Waals surface area contributed by atoms with Crippen LogP contribution in [-0.4, -0.2) is 9.94 Å². The molecule has 0 saturated heterocycles. The van der Waals surface area contributed by atoms with E-state index in [9.17, 15) is 5.21 Å². The Hall–Kier alpha value is -1.81. The van der Waals surface area contributed by atoms with Gasteiger partial charge in [0.15, 0.2) is 0 Å². The highest BCUT2D eigenvalue weighted by molar-refractivity contribution is 7.17. The van der Waals surface area contributed by atoms with Gasteiger partial charge in [-0.1, -0.05) is 41.7 Å². The highest BCUT2D eigenvalue weighted by Crippen LogP contribution is 2.26. The molecule has 15 heavy (non-hydrogen) atoms. The molecule has 0 aliphatic rings. The molecule has 0 amide bonds. The van der Waals surface area contributed by atoms with Gasteiger partial charge in [0, 0.05) is 5.39 Å². The maximum atomic E-state index is 9.60. The lowest BCUT2D eigenvalue weighted by molar-refractivity contribution is 0.189. The van der Waals surface area contributed by atoms with Crippen molar-refractivity contribution in [2.24, 2.45) is 0 Å². The fourth-order valence-electron chi connectivity index (χ4n) is 1.75. The van der Waals surface area contributed by atoms with E-state index in [1.54, 1.807) is 0 Å². The standard InChI is InChI=1S/C11H8N2OS/c12-11-13(14)9-6-5-7-3-1-2-4-8(7)10(9)15-11/h1-6,12,14H. The van der Waals surface area contributed by atoms with E-state index < -0.39 is 0 Å². The van der Waals surface area contributed by atoms with Crippen molar-refractivity contribution in [1.82, 2.24) is 4.73 Å². The number of aromatic nitrogens is 1. The van der Waals surface area contributed by atoms with E-state index in [4.69, 9.17) is 5.41 Å². The number of nitrogens with one attached hydrogen (secondary N) is 1. The SMILES string of the molecule is N=c1sc2c3ccccc3ccc2n1O. The third-order valence-electron chi connectivity index (χ3n) is 2.48. The quantitative estimate of drug-likeness (QED) is 0.557. The minimum absolute atomic E-state index is 0.154. The zero-order chi connectivity index (χ0) is 10.4. The summed E-state index contributed by atoms with van der Waals surface area (Å²) >= 11 is 1.29. The average Bonchev–Trinajstić information content (AvgIpc) is 2.56. The Kier molecular flexibility index (Phi) is 1.61. The third kappa shape index (κ3) is 1.08. The van der Waals surface area contributed by atoms with Crippen LogP contribution < -0.4 is 4.80 Å². The van der Waals surface area contributed by atoms with Gasteiger partial charge in [-0.15, -0.1) is 0 Å². The van der Waals surface area contributed by atoms with Crippen LogP contribution in [0.5, 0.6) is 0 Å². The van der Waals surface area contributed by atoms with Gasteiger partial charge in [0.25, 0.3) is 0 Å². The van der Waals surface area contributed by atoms with Gasteiger partial charge in [-0.25, -0.2) is 0 Å². The van der Waals surface area contributed by atoms with Gasteiger partial charge in [-0.2, -0.15) is 4.73 Å². The molecule has 1 heterocycles. The Labute approximate surface area is 89.3 Å². The fraction of sp³-hybridized carbons (Fsp3) is 0. The van der Waals surface area contributed by atoms with Crippen LogP contribution in [0.15, 0.2) is 36.4 Å². The highest BCUT2D eigenvalue weighted by Gasteiger charge is 2.06. The summed E-state index contributed by atoms with van der Waals surface area (Å²) in [4.78, 5) is 0.154. The van der Waals surface area contributed by atoms with Gasteiger partial charge < -0.3 is 5.21 Å². The number of thiazole rings is 1. The summed E-state index contributed by atoms with van der Waals surface area (Å²) in [5, 5.41) is 19.4. The summed E-state index contributed by atoms with van der Waals surface area (Å²) in [6.45, 7) is 0. The normalized spacial score (nSPS) is 11.2. The largest absolute Gasteiger partial charge is 0.426 e. The summed E-state index contributed by atoms with van der Waals surface area (Å²) in [5.41, 5.74) is 0.698. The lowest BCUT2D eigenvalue weighted by Gasteiger charge is -1.98. The van der Waals surface area contributed by atoms with E-state index in [1.807, 2.05) is 36.4 Å². The predicted octanol–water partition coefficient (Wildman–Crippen LogP) is 2.57. The van der Waals surface area contributed by atoms with E-state index in [0.717, 1.165) is 20.2 Å². The second kappa shape index (κ2) is 2.84. The first-order valence-electron chi connectivity index (χ1n) is 4.54. The van der Waals surface area contributed by atoms with Crippen molar-refractivity contribution in [3.8, 4) is 0 Å². The Morgan fingerprint density at radius 2 is 1.93 bits per heavy atom. The van der Waals surface area contributed by atoms with E-state index in [0.29, 0.717) is 5.52 Å². The van der Waals surface area contributed by atoms with E-state index in [2.05, 4.69) is 0 Å². The van der Waals surface area contributed by atoms with E-state index in [-0.39, 0.29) is 4.80 Å². The van der Waals surface area contributed by atoms with Crippen LogP contribution >= 0.6 is 11.3 Å². The monoisotopic (exact) mass is 216 g/mol. The van der Waals surface area contributed by atoms with Gasteiger partial charge in [0.05, 0.1) is 4.70 Å². The van der Waals surface area contributed by atoms with E-state index >= 15 is 0 Å². The van der Waals surface area contributed by atoms with Crippen molar-refractivity contribution < 1.29 is 5.21 Å². The number of hydrogen-bond acceptors (Lipinski definition) is 3. The van der Waals surface area contributed by atoms with Crippen molar-refractivity contribution in [2.75, 3.05) is 0 Å². The molecule has 0 unspecified atom stereocenters. The summed E-state index contributed by atoms with van der Waals surface area (Å²) < 4.78 is 1.88. The Morgan fingerprint density at radius 3 is 2.80 bits per heavy atom. The maximum absolute atomic E-state index is 9.60. The van der Waals surface area contributed by atoms with Crippen LogP contribution in [-0.2, 0) is 0 Å². The molecule has 2 N–H and O–H groups in total. The van der Waals surface area contributed by atoms with Crippen LogP contribution in [0, 0.1) is 5.41 Å². The Balaban J connectivity index is 2.66. The van der Waals surface area contributed by atoms with Gasteiger partial charge in [0.1, 0.15) is 5.52 Å². The molecule has 0 bridgehead atoms. The summed E-state index contributed by atoms with van der Waals surface area (Å²) in [5.74, 6) is 0. The topological polar surface area (TPSA) is 49.0 Å². The van der Waals surface area contributed by atoms with Gasteiger partial charge >= 0.3 is 0 Å². The Bertz CT molecular complexity index is 711.